The van der Waals surface area contributed by atoms with Crippen LogP contribution in [0, 0.1) is 5.92 Å². The van der Waals surface area contributed by atoms with Crippen molar-refractivity contribution in [1.29, 1.82) is 0 Å². The summed E-state index contributed by atoms with van der Waals surface area (Å²) in [6.07, 6.45) is 0.437. The number of sulfone groups is 1. The minimum atomic E-state index is -3.04. The summed E-state index contributed by atoms with van der Waals surface area (Å²) in [5, 5.41) is 2.98. The quantitative estimate of drug-likeness (QED) is 0.792. The van der Waals surface area contributed by atoms with E-state index in [1.165, 1.54) is 0 Å². The number of ether oxygens (including phenoxy) is 1. The molecule has 1 saturated heterocycles. The zero-order valence-corrected chi connectivity index (χ0v) is 14.4. The predicted octanol–water partition coefficient (Wildman–Crippen LogP) is 2.30. The lowest BCUT2D eigenvalue weighted by atomic mass is 10.1. The second kappa shape index (κ2) is 7.51. The van der Waals surface area contributed by atoms with Crippen molar-refractivity contribution in [2.75, 3.05) is 23.4 Å². The molecule has 23 heavy (non-hydrogen) atoms. The lowest BCUT2D eigenvalue weighted by molar-refractivity contribution is -0.148. The summed E-state index contributed by atoms with van der Waals surface area (Å²) in [6, 6.07) is 4.77. The molecule has 0 spiro atoms. The zero-order chi connectivity index (χ0) is 17.0. The minimum Gasteiger partial charge on any atom is -0.456 e. The molecule has 6 nitrogen and oxygen atoms in total. The lowest BCUT2D eigenvalue weighted by Gasteiger charge is -2.10. The number of benzene rings is 1. The molecule has 0 aliphatic carbocycles. The van der Waals surface area contributed by atoms with Crippen LogP contribution < -0.4 is 5.32 Å². The van der Waals surface area contributed by atoms with Gasteiger partial charge in [-0.15, -0.1) is 0 Å². The Hall–Kier alpha value is -1.31. The number of esters is 1. The van der Waals surface area contributed by atoms with Gasteiger partial charge in [0.05, 0.1) is 27.2 Å². The lowest BCUT2D eigenvalue weighted by Crippen LogP contribution is -2.22. The van der Waals surface area contributed by atoms with Gasteiger partial charge in [0.15, 0.2) is 16.4 Å². The molecule has 1 fully saturated rings. The number of hydrogen-bond acceptors (Lipinski definition) is 5. The third-order valence-electron chi connectivity index (χ3n) is 3.37. The molecule has 0 aromatic heterocycles. The van der Waals surface area contributed by atoms with E-state index in [4.69, 9.17) is 27.9 Å². The molecule has 1 amide bonds. The molecule has 1 aromatic carbocycles. The highest BCUT2D eigenvalue weighted by molar-refractivity contribution is 7.91. The molecular formula is C14H15Cl2NO5S. The van der Waals surface area contributed by atoms with Crippen LogP contribution in [0.15, 0.2) is 18.2 Å². The van der Waals surface area contributed by atoms with E-state index < -0.39 is 28.3 Å². The summed E-state index contributed by atoms with van der Waals surface area (Å²) in [6.45, 7) is -0.471. The van der Waals surface area contributed by atoms with Crippen LogP contribution in [-0.4, -0.2) is 38.4 Å². The number of carbonyl (C=O) groups is 2. The van der Waals surface area contributed by atoms with Crippen LogP contribution in [0.3, 0.4) is 0 Å². The number of hydrogen-bond donors (Lipinski definition) is 1. The Morgan fingerprint density at radius 1 is 1.30 bits per heavy atom. The van der Waals surface area contributed by atoms with E-state index in [2.05, 4.69) is 5.32 Å². The summed E-state index contributed by atoms with van der Waals surface area (Å²) in [4.78, 5) is 23.4. The van der Waals surface area contributed by atoms with Crippen molar-refractivity contribution in [1.82, 2.24) is 0 Å². The van der Waals surface area contributed by atoms with Crippen molar-refractivity contribution in [2.24, 2.45) is 5.92 Å². The second-order valence-electron chi connectivity index (χ2n) is 5.28. The highest BCUT2D eigenvalue weighted by Crippen LogP contribution is 2.29. The summed E-state index contributed by atoms with van der Waals surface area (Å²) < 4.78 is 27.5. The number of amides is 1. The molecule has 0 radical (unpaired) electrons. The van der Waals surface area contributed by atoms with Crippen molar-refractivity contribution >= 4 is 50.6 Å². The normalized spacial score (nSPS) is 19.3. The van der Waals surface area contributed by atoms with E-state index in [1.54, 1.807) is 18.2 Å². The highest BCUT2D eigenvalue weighted by Gasteiger charge is 2.30. The fraction of sp³-hybridized carbons (Fsp3) is 0.429. The maximum atomic E-state index is 11.7. The van der Waals surface area contributed by atoms with E-state index in [1.807, 2.05) is 0 Å². The van der Waals surface area contributed by atoms with Gasteiger partial charge in [-0.05, 0) is 24.5 Å². The molecule has 1 heterocycles. The van der Waals surface area contributed by atoms with Crippen LogP contribution in [0.1, 0.15) is 12.8 Å². The van der Waals surface area contributed by atoms with Crippen molar-refractivity contribution in [3.8, 4) is 0 Å². The first-order chi connectivity index (χ1) is 10.8. The molecule has 1 aromatic rings. The first kappa shape index (κ1) is 18.0. The van der Waals surface area contributed by atoms with Crippen LogP contribution in [0.2, 0.25) is 10.0 Å². The van der Waals surface area contributed by atoms with Gasteiger partial charge in [0.25, 0.3) is 5.91 Å². The molecule has 9 heteroatoms. The fourth-order valence-electron chi connectivity index (χ4n) is 2.26. The molecule has 2 rings (SSSR count). The van der Waals surface area contributed by atoms with Gasteiger partial charge in [-0.25, -0.2) is 8.42 Å². The van der Waals surface area contributed by atoms with Gasteiger partial charge >= 0.3 is 5.97 Å². The van der Waals surface area contributed by atoms with Crippen molar-refractivity contribution in [3.63, 3.8) is 0 Å². The first-order valence-corrected chi connectivity index (χ1v) is 9.44. The van der Waals surface area contributed by atoms with Crippen LogP contribution in [-0.2, 0) is 24.2 Å². The Morgan fingerprint density at radius 3 is 2.70 bits per heavy atom. The zero-order valence-electron chi connectivity index (χ0n) is 12.1. The van der Waals surface area contributed by atoms with Crippen LogP contribution in [0.4, 0.5) is 5.69 Å². The molecule has 1 aliphatic heterocycles. The molecule has 0 bridgehead atoms. The summed E-state index contributed by atoms with van der Waals surface area (Å²) in [5.41, 5.74) is 0.321. The number of halogens is 2. The van der Waals surface area contributed by atoms with E-state index in [0.717, 1.165) is 0 Å². The van der Waals surface area contributed by atoms with Crippen molar-refractivity contribution < 1.29 is 22.7 Å². The maximum absolute atomic E-state index is 11.7. The van der Waals surface area contributed by atoms with Gasteiger partial charge in [-0.3, -0.25) is 9.59 Å². The molecule has 1 atom stereocenters. The average molecular weight is 380 g/mol. The molecule has 1 N–H and O–H groups in total. The average Bonchev–Trinajstić information content (AvgIpc) is 2.81. The predicted molar refractivity (Wildman–Crippen MR) is 87.4 cm³/mol. The Labute approximate surface area is 144 Å². The maximum Gasteiger partial charge on any atom is 0.306 e. The third-order valence-corrected chi connectivity index (χ3v) is 6.03. The van der Waals surface area contributed by atoms with Gasteiger partial charge in [-0.2, -0.15) is 0 Å². The molecule has 126 valence electrons. The smallest absolute Gasteiger partial charge is 0.306 e. The number of carbonyl (C=O) groups excluding carboxylic acids is 2. The third kappa shape index (κ3) is 5.37. The molecule has 0 saturated carbocycles. The Balaban J connectivity index is 1.78. The van der Waals surface area contributed by atoms with E-state index >= 15 is 0 Å². The minimum absolute atomic E-state index is 0.00752. The standard InChI is InChI=1S/C14H15Cl2NO5S/c15-10-2-1-3-11(14(10)16)17-12(18)7-22-13(19)6-9-4-5-23(20,21)8-9/h1-3,9H,4-8H2,(H,17,18)/t9-/m1/s1. The summed E-state index contributed by atoms with van der Waals surface area (Å²) in [5.74, 6) is -1.30. The van der Waals surface area contributed by atoms with Gasteiger partial charge in [-0.1, -0.05) is 29.3 Å². The van der Waals surface area contributed by atoms with Crippen LogP contribution >= 0.6 is 23.2 Å². The summed E-state index contributed by atoms with van der Waals surface area (Å²) >= 11 is 11.8. The van der Waals surface area contributed by atoms with Crippen LogP contribution in [0.25, 0.3) is 0 Å². The van der Waals surface area contributed by atoms with Gasteiger partial charge in [0.1, 0.15) is 0 Å². The van der Waals surface area contributed by atoms with Gasteiger partial charge < -0.3 is 10.1 Å². The van der Waals surface area contributed by atoms with Gasteiger partial charge in [0.2, 0.25) is 0 Å². The van der Waals surface area contributed by atoms with Crippen LogP contribution in [0.5, 0.6) is 0 Å². The van der Waals surface area contributed by atoms with Gasteiger partial charge in [0, 0.05) is 6.42 Å². The highest BCUT2D eigenvalue weighted by atomic mass is 35.5. The monoisotopic (exact) mass is 379 g/mol. The molecular weight excluding hydrogens is 365 g/mol. The Morgan fingerprint density at radius 2 is 2.04 bits per heavy atom. The largest absolute Gasteiger partial charge is 0.456 e. The van der Waals surface area contributed by atoms with Crippen molar-refractivity contribution in [2.45, 2.75) is 12.8 Å². The first-order valence-electron chi connectivity index (χ1n) is 6.87. The Kier molecular flexibility index (Phi) is 5.89. The van der Waals surface area contributed by atoms with Crippen molar-refractivity contribution in [3.05, 3.63) is 28.2 Å². The fourth-order valence-corrected chi connectivity index (χ4v) is 4.47. The SMILES string of the molecule is O=C(COC(=O)C[C@H]1CCS(=O)(=O)C1)Nc1cccc(Cl)c1Cl. The number of rotatable bonds is 5. The molecule has 0 unspecified atom stereocenters. The second-order valence-corrected chi connectivity index (χ2v) is 8.30. The number of nitrogens with one attached hydrogen (secondary N) is 1. The summed E-state index contributed by atoms with van der Waals surface area (Å²) in [7, 11) is -3.04. The van der Waals surface area contributed by atoms with E-state index in [0.29, 0.717) is 17.1 Å². The number of anilines is 1. The Bertz CT molecular complexity index is 720. The molecule has 1 aliphatic rings. The van der Waals surface area contributed by atoms with E-state index in [-0.39, 0.29) is 28.9 Å². The van der Waals surface area contributed by atoms with E-state index in [9.17, 15) is 18.0 Å². The topological polar surface area (TPSA) is 89.5 Å².